The first kappa shape index (κ1) is 26.9. The van der Waals surface area contributed by atoms with E-state index in [1.54, 1.807) is 0 Å². The molecule has 0 unspecified atom stereocenters. The fourth-order valence-corrected chi connectivity index (χ4v) is 4.01. The van der Waals surface area contributed by atoms with Gasteiger partial charge in [0.25, 0.3) is 5.91 Å². The summed E-state index contributed by atoms with van der Waals surface area (Å²) in [5.74, 6) is -0.975. The zero-order valence-electron chi connectivity index (χ0n) is 17.9. The smallest absolute Gasteiger partial charge is 0.371 e. The monoisotopic (exact) mass is 558 g/mol. The summed E-state index contributed by atoms with van der Waals surface area (Å²) >= 11 is 0. The van der Waals surface area contributed by atoms with Crippen molar-refractivity contribution in [2.45, 2.75) is 0 Å². The van der Waals surface area contributed by atoms with E-state index in [2.05, 4.69) is 12.5 Å². The Morgan fingerprint density at radius 3 is 1.08 bits per heavy atom. The lowest BCUT2D eigenvalue weighted by Gasteiger charge is -2.23. The van der Waals surface area contributed by atoms with Crippen molar-refractivity contribution in [1.29, 1.82) is 0 Å². The zero-order valence-corrected chi connectivity index (χ0v) is 20.4. The number of amides is 1. The topological polar surface area (TPSA) is 228 Å². The summed E-state index contributed by atoms with van der Waals surface area (Å²) in [6.07, 6.45) is 0. The average molecular weight is 559 g/mol. The van der Waals surface area contributed by atoms with E-state index in [0.717, 1.165) is 0 Å². The number of benzene rings is 3. The van der Waals surface area contributed by atoms with Gasteiger partial charge in [0.15, 0.2) is 0 Å². The summed E-state index contributed by atoms with van der Waals surface area (Å²) in [6.45, 7) is 0. The highest BCUT2D eigenvalue weighted by Crippen LogP contribution is 2.31. The molecule has 0 fully saturated rings. The molecular weight excluding hydrogens is 540 g/mol. The second-order valence-corrected chi connectivity index (χ2v) is 10.3. The van der Waals surface area contributed by atoms with Gasteiger partial charge in [-0.3, -0.25) is 9.69 Å². The van der Waals surface area contributed by atoms with Crippen molar-refractivity contribution in [1.82, 2.24) is 0 Å². The van der Waals surface area contributed by atoms with E-state index in [9.17, 15) is 30.0 Å². The van der Waals surface area contributed by atoms with Crippen LogP contribution in [0.15, 0.2) is 72.8 Å². The van der Waals surface area contributed by atoms with Gasteiger partial charge in [0.2, 0.25) is 0 Å². The summed E-state index contributed by atoms with van der Waals surface area (Å²) in [5, 5.41) is 14.5. The molecule has 192 valence electrons. The number of nitrogens with zero attached hydrogens (tertiary/aromatic N) is 1. The summed E-state index contributed by atoms with van der Waals surface area (Å²) < 4.78 is 80.5. The van der Waals surface area contributed by atoms with Crippen LogP contribution in [-0.4, -0.2) is 31.2 Å². The maximum Gasteiger partial charge on any atom is 0.380 e. The number of anilines is 2. The van der Waals surface area contributed by atoms with Crippen LogP contribution in [-0.2, 0) is 30.9 Å². The van der Waals surface area contributed by atoms with Gasteiger partial charge < -0.3 is 12.5 Å². The molecule has 36 heavy (non-hydrogen) atoms. The van der Waals surface area contributed by atoms with Crippen molar-refractivity contribution in [2.24, 2.45) is 15.4 Å². The highest BCUT2D eigenvalue weighted by atomic mass is 32.2. The number of carbonyl (C=O) groups is 1. The van der Waals surface area contributed by atoms with E-state index in [1.807, 2.05) is 0 Å². The maximum absolute atomic E-state index is 13.4. The van der Waals surface area contributed by atoms with Crippen molar-refractivity contribution < 1.29 is 42.6 Å². The molecule has 0 radical (unpaired) electrons. The molecule has 0 spiro atoms. The molecule has 3 aromatic rings. The van der Waals surface area contributed by atoms with E-state index < -0.39 is 36.8 Å². The molecule has 1 amide bonds. The standard InChI is InChI=1S/C19H18N4O10S3/c20-34(25,26)31-16-7-1-13(2-8-16)19(24)23(14-3-9-17(10-4-14)32-35(21,27)28)15-5-11-18(12-6-15)33-36(22,29)30/h1-12H,(H2,20,25,26)(H2,21,27,28)(H2,22,29,30). The van der Waals surface area contributed by atoms with E-state index in [-0.39, 0.29) is 34.2 Å². The van der Waals surface area contributed by atoms with Gasteiger partial charge in [0.1, 0.15) is 17.2 Å². The maximum atomic E-state index is 13.4. The molecule has 0 aliphatic heterocycles. The lowest BCUT2D eigenvalue weighted by atomic mass is 10.1. The molecule has 0 heterocycles. The second kappa shape index (κ2) is 10.1. The fraction of sp³-hybridized carbons (Fsp3) is 0. The van der Waals surface area contributed by atoms with E-state index >= 15 is 0 Å². The van der Waals surface area contributed by atoms with Gasteiger partial charge in [-0.15, -0.1) is 0 Å². The van der Waals surface area contributed by atoms with Crippen LogP contribution >= 0.6 is 0 Å². The summed E-state index contributed by atoms with van der Waals surface area (Å²) in [6, 6.07) is 15.5. The van der Waals surface area contributed by atoms with E-state index in [1.165, 1.54) is 77.7 Å². The molecule has 0 atom stereocenters. The Hall–Kier alpha value is -3.74. The van der Waals surface area contributed by atoms with Crippen LogP contribution in [0.2, 0.25) is 0 Å². The van der Waals surface area contributed by atoms with Gasteiger partial charge in [-0.1, -0.05) is 0 Å². The fourth-order valence-electron chi connectivity index (χ4n) is 2.87. The Labute approximate surface area is 206 Å². The Bertz CT molecular complexity index is 1500. The Morgan fingerprint density at radius 2 is 0.806 bits per heavy atom. The number of hydrogen-bond donors (Lipinski definition) is 3. The minimum Gasteiger partial charge on any atom is -0.371 e. The molecule has 0 saturated carbocycles. The third-order valence-electron chi connectivity index (χ3n) is 4.13. The van der Waals surface area contributed by atoms with Crippen molar-refractivity contribution in [3.05, 3.63) is 78.4 Å². The molecule has 3 rings (SSSR count). The highest BCUT2D eigenvalue weighted by Gasteiger charge is 2.21. The van der Waals surface area contributed by atoms with Gasteiger partial charge >= 0.3 is 30.9 Å². The zero-order chi connectivity index (χ0) is 26.7. The SMILES string of the molecule is NS(=O)(=O)Oc1ccc(C(=O)N(c2ccc(OS(N)(=O)=O)cc2)c2ccc(OS(N)(=O)=O)cc2)cc1. The molecule has 0 saturated heterocycles. The average Bonchev–Trinajstić information content (AvgIpc) is 2.73. The van der Waals surface area contributed by atoms with Gasteiger partial charge in [0, 0.05) is 16.9 Å². The Kier molecular flexibility index (Phi) is 7.53. The third kappa shape index (κ3) is 7.90. The van der Waals surface area contributed by atoms with Crippen LogP contribution in [0, 0.1) is 0 Å². The highest BCUT2D eigenvalue weighted by molar-refractivity contribution is 7.85. The summed E-state index contributed by atoms with van der Waals surface area (Å²) in [4.78, 5) is 14.6. The number of carbonyl (C=O) groups excluding carboxylic acids is 1. The van der Waals surface area contributed by atoms with Crippen LogP contribution in [0.1, 0.15) is 10.4 Å². The lowest BCUT2D eigenvalue weighted by Crippen LogP contribution is -2.26. The van der Waals surface area contributed by atoms with Crippen molar-refractivity contribution in [3.63, 3.8) is 0 Å². The van der Waals surface area contributed by atoms with Crippen LogP contribution in [0.4, 0.5) is 11.4 Å². The van der Waals surface area contributed by atoms with E-state index in [4.69, 9.17) is 15.4 Å². The predicted octanol–water partition coefficient (Wildman–Crippen LogP) is 0.412. The first-order chi connectivity index (χ1) is 16.6. The lowest BCUT2D eigenvalue weighted by molar-refractivity contribution is 0.0999. The molecule has 3 aromatic carbocycles. The van der Waals surface area contributed by atoms with Gasteiger partial charge in [-0.05, 0) is 72.8 Å². The Morgan fingerprint density at radius 1 is 0.528 bits per heavy atom. The molecule has 0 bridgehead atoms. The predicted molar refractivity (Wildman–Crippen MR) is 127 cm³/mol. The molecular formula is C19H18N4O10S3. The quantitative estimate of drug-likeness (QED) is 0.327. The molecule has 0 aromatic heterocycles. The van der Waals surface area contributed by atoms with Crippen molar-refractivity contribution in [3.8, 4) is 17.2 Å². The largest absolute Gasteiger partial charge is 0.380 e. The molecule has 0 aliphatic rings. The minimum absolute atomic E-state index is 0.0893. The van der Waals surface area contributed by atoms with Gasteiger partial charge in [-0.2, -0.15) is 40.7 Å². The summed E-state index contributed by atoms with van der Waals surface area (Å²) in [5.41, 5.74) is 0.574. The molecule has 14 nitrogen and oxygen atoms in total. The minimum atomic E-state index is -4.28. The normalized spacial score (nSPS) is 12.0. The van der Waals surface area contributed by atoms with Gasteiger partial charge in [-0.25, -0.2) is 0 Å². The van der Waals surface area contributed by atoms with Gasteiger partial charge in [0.05, 0.1) is 0 Å². The summed E-state index contributed by atoms with van der Waals surface area (Å²) in [7, 11) is -12.8. The molecule has 6 N–H and O–H groups in total. The molecule has 17 heteroatoms. The van der Waals surface area contributed by atoms with Crippen molar-refractivity contribution >= 4 is 48.2 Å². The van der Waals surface area contributed by atoms with Crippen molar-refractivity contribution in [2.75, 3.05) is 4.90 Å². The molecule has 0 aliphatic carbocycles. The number of nitrogens with two attached hydrogens (primary N) is 3. The third-order valence-corrected chi connectivity index (χ3v) is 5.41. The van der Waals surface area contributed by atoms with E-state index in [0.29, 0.717) is 0 Å². The first-order valence-electron chi connectivity index (χ1n) is 9.41. The van der Waals surface area contributed by atoms with Crippen LogP contribution in [0.5, 0.6) is 17.2 Å². The Balaban J connectivity index is 2.00. The number of hydrogen-bond acceptors (Lipinski definition) is 10. The second-order valence-electron chi connectivity index (χ2n) is 6.88. The first-order valence-corrected chi connectivity index (χ1v) is 13.8. The van der Waals surface area contributed by atoms with Crippen LogP contribution in [0.3, 0.4) is 0 Å². The van der Waals surface area contributed by atoms with Crippen LogP contribution < -0.4 is 32.9 Å². The van der Waals surface area contributed by atoms with Crippen LogP contribution in [0.25, 0.3) is 0 Å². The number of rotatable bonds is 9.